The summed E-state index contributed by atoms with van der Waals surface area (Å²) in [5, 5.41) is 22.8. The van der Waals surface area contributed by atoms with Crippen LogP contribution in [-0.2, 0) is 22.7 Å². The first-order chi connectivity index (χ1) is 21.6. The van der Waals surface area contributed by atoms with Crippen molar-refractivity contribution in [2.24, 2.45) is 0 Å². The fourth-order valence-corrected chi connectivity index (χ4v) is 4.30. The first kappa shape index (κ1) is 32.2. The van der Waals surface area contributed by atoms with Gasteiger partial charge in [-0.25, -0.2) is 0 Å². The molecule has 0 spiro atoms. The number of ether oxygens (including phenoxy) is 2. The summed E-state index contributed by atoms with van der Waals surface area (Å²) in [7, 11) is 0. The number of amides is 2. The SMILES string of the molecule is O=C(CCNCc1ccccc1)Nc1ccccc1OCC(O)COc1ccccc1NC(=O)CCNCc1ccccc1. The van der Waals surface area contributed by atoms with Crippen LogP contribution in [0, 0.1) is 0 Å². The molecule has 9 nitrogen and oxygen atoms in total. The lowest BCUT2D eigenvalue weighted by Gasteiger charge is -2.17. The van der Waals surface area contributed by atoms with E-state index >= 15 is 0 Å². The molecule has 0 heterocycles. The molecular formula is C35H40N4O5. The van der Waals surface area contributed by atoms with E-state index in [4.69, 9.17) is 9.47 Å². The summed E-state index contributed by atoms with van der Waals surface area (Å²) in [6.45, 7) is 2.36. The second kappa shape index (κ2) is 18.1. The van der Waals surface area contributed by atoms with Gasteiger partial charge in [0.2, 0.25) is 11.8 Å². The van der Waals surface area contributed by atoms with Gasteiger partial charge in [-0.15, -0.1) is 0 Å². The van der Waals surface area contributed by atoms with E-state index < -0.39 is 6.10 Å². The summed E-state index contributed by atoms with van der Waals surface area (Å²) in [6, 6.07) is 34.2. The van der Waals surface area contributed by atoms with Crippen molar-refractivity contribution < 1.29 is 24.2 Å². The van der Waals surface area contributed by atoms with Crippen molar-refractivity contribution in [3.63, 3.8) is 0 Å². The van der Waals surface area contributed by atoms with Crippen molar-refractivity contribution in [2.75, 3.05) is 36.9 Å². The summed E-state index contributed by atoms with van der Waals surface area (Å²) in [5.41, 5.74) is 3.37. The van der Waals surface area contributed by atoms with Crippen LogP contribution in [0.5, 0.6) is 11.5 Å². The van der Waals surface area contributed by atoms with Gasteiger partial charge in [0.25, 0.3) is 0 Å². The minimum absolute atomic E-state index is 0.0485. The van der Waals surface area contributed by atoms with Gasteiger partial charge in [-0.3, -0.25) is 9.59 Å². The number of nitrogens with one attached hydrogen (secondary N) is 4. The number of carbonyl (C=O) groups is 2. The zero-order valence-electron chi connectivity index (χ0n) is 24.7. The maximum absolute atomic E-state index is 12.5. The molecule has 4 aromatic rings. The third kappa shape index (κ3) is 11.5. The van der Waals surface area contributed by atoms with E-state index in [0.717, 1.165) is 11.1 Å². The first-order valence-electron chi connectivity index (χ1n) is 14.8. The minimum Gasteiger partial charge on any atom is -0.489 e. The Morgan fingerprint density at radius 2 is 0.955 bits per heavy atom. The van der Waals surface area contributed by atoms with Gasteiger partial charge in [0.05, 0.1) is 11.4 Å². The average molecular weight is 597 g/mol. The van der Waals surface area contributed by atoms with Crippen molar-refractivity contribution in [1.82, 2.24) is 10.6 Å². The highest BCUT2D eigenvalue weighted by Crippen LogP contribution is 2.25. The van der Waals surface area contributed by atoms with E-state index in [1.165, 1.54) is 0 Å². The van der Waals surface area contributed by atoms with E-state index in [1.807, 2.05) is 60.7 Å². The maximum Gasteiger partial charge on any atom is 0.225 e. The van der Waals surface area contributed by atoms with Gasteiger partial charge in [-0.2, -0.15) is 0 Å². The highest BCUT2D eigenvalue weighted by atomic mass is 16.5. The molecule has 4 aromatic carbocycles. The zero-order valence-corrected chi connectivity index (χ0v) is 24.7. The molecule has 4 rings (SSSR count). The predicted molar refractivity (Wildman–Crippen MR) is 173 cm³/mol. The molecule has 0 bridgehead atoms. The Kier molecular flexibility index (Phi) is 13.2. The van der Waals surface area contributed by atoms with Crippen LogP contribution in [0.2, 0.25) is 0 Å². The molecule has 0 aliphatic heterocycles. The second-order valence-corrected chi connectivity index (χ2v) is 10.2. The standard InChI is InChI=1S/C35H40N4O5/c40-29(25-43-32-17-9-7-15-30(32)38-34(41)19-21-36-23-27-11-3-1-4-12-27)26-44-33-18-10-8-16-31(33)39-35(42)20-22-37-24-28-13-5-2-6-14-28/h1-18,29,36-37,40H,19-26H2,(H,38,41)(H,39,42). The fraction of sp³-hybridized carbons (Fsp3) is 0.257. The Morgan fingerprint density at radius 1 is 0.568 bits per heavy atom. The Balaban J connectivity index is 1.16. The average Bonchev–Trinajstić information content (AvgIpc) is 3.05. The quantitative estimate of drug-likeness (QED) is 0.105. The van der Waals surface area contributed by atoms with Crippen LogP contribution in [0.15, 0.2) is 109 Å². The number of carbonyl (C=O) groups excluding carboxylic acids is 2. The zero-order chi connectivity index (χ0) is 30.8. The van der Waals surface area contributed by atoms with E-state index in [9.17, 15) is 14.7 Å². The van der Waals surface area contributed by atoms with Gasteiger partial charge in [-0.05, 0) is 35.4 Å². The Labute approximate surface area is 258 Å². The normalized spacial score (nSPS) is 10.8. The Morgan fingerprint density at radius 3 is 1.39 bits per heavy atom. The molecule has 0 atom stereocenters. The molecule has 230 valence electrons. The summed E-state index contributed by atoms with van der Waals surface area (Å²) in [6.07, 6.45) is -0.345. The smallest absolute Gasteiger partial charge is 0.225 e. The molecule has 0 radical (unpaired) electrons. The monoisotopic (exact) mass is 596 g/mol. The van der Waals surface area contributed by atoms with Crippen LogP contribution < -0.4 is 30.7 Å². The number of aliphatic hydroxyl groups is 1. The predicted octanol–water partition coefficient (Wildman–Crippen LogP) is 4.74. The van der Waals surface area contributed by atoms with E-state index in [1.54, 1.807) is 48.5 Å². The summed E-state index contributed by atoms with van der Waals surface area (Å²) >= 11 is 0. The molecule has 0 aliphatic rings. The largest absolute Gasteiger partial charge is 0.489 e. The van der Waals surface area contributed by atoms with Crippen LogP contribution in [0.4, 0.5) is 11.4 Å². The lowest BCUT2D eigenvalue weighted by molar-refractivity contribution is -0.117. The number of hydrogen-bond acceptors (Lipinski definition) is 7. The molecule has 2 amide bonds. The van der Waals surface area contributed by atoms with Crippen LogP contribution in [0.3, 0.4) is 0 Å². The Bertz CT molecular complexity index is 1330. The van der Waals surface area contributed by atoms with Crippen molar-refractivity contribution in [1.29, 1.82) is 0 Å². The number of hydrogen-bond donors (Lipinski definition) is 5. The molecule has 0 fully saturated rings. The molecular weight excluding hydrogens is 556 g/mol. The van der Waals surface area contributed by atoms with Gasteiger partial charge in [-0.1, -0.05) is 84.9 Å². The van der Waals surface area contributed by atoms with Crippen molar-refractivity contribution in [2.45, 2.75) is 32.0 Å². The summed E-state index contributed by atoms with van der Waals surface area (Å²) in [4.78, 5) is 25.0. The van der Waals surface area contributed by atoms with Gasteiger partial charge in [0.1, 0.15) is 30.8 Å². The first-order valence-corrected chi connectivity index (χ1v) is 14.8. The minimum atomic E-state index is -0.952. The highest BCUT2D eigenvalue weighted by Gasteiger charge is 2.13. The van der Waals surface area contributed by atoms with Gasteiger partial charge in [0.15, 0.2) is 0 Å². The molecule has 0 saturated carbocycles. The van der Waals surface area contributed by atoms with E-state index in [-0.39, 0.29) is 25.0 Å². The lowest BCUT2D eigenvalue weighted by Crippen LogP contribution is -2.26. The third-order valence-electron chi connectivity index (χ3n) is 6.59. The van der Waals surface area contributed by atoms with E-state index in [2.05, 4.69) is 21.3 Å². The number of rotatable bonds is 18. The fourth-order valence-electron chi connectivity index (χ4n) is 4.30. The number of para-hydroxylation sites is 4. The molecule has 9 heteroatoms. The van der Waals surface area contributed by atoms with Gasteiger partial charge < -0.3 is 35.8 Å². The van der Waals surface area contributed by atoms with Crippen molar-refractivity contribution in [3.05, 3.63) is 120 Å². The highest BCUT2D eigenvalue weighted by molar-refractivity contribution is 5.93. The van der Waals surface area contributed by atoms with Crippen molar-refractivity contribution >= 4 is 23.2 Å². The second-order valence-electron chi connectivity index (χ2n) is 10.2. The lowest BCUT2D eigenvalue weighted by atomic mass is 10.2. The topological polar surface area (TPSA) is 121 Å². The van der Waals surface area contributed by atoms with Crippen LogP contribution >= 0.6 is 0 Å². The van der Waals surface area contributed by atoms with Gasteiger partial charge >= 0.3 is 0 Å². The molecule has 5 N–H and O–H groups in total. The third-order valence-corrected chi connectivity index (χ3v) is 6.59. The number of anilines is 2. The summed E-state index contributed by atoms with van der Waals surface area (Å²) < 4.78 is 11.6. The Hall–Kier alpha value is -4.70. The summed E-state index contributed by atoms with van der Waals surface area (Å²) in [5.74, 6) is 0.614. The molecule has 0 saturated heterocycles. The molecule has 0 aliphatic carbocycles. The number of aliphatic hydroxyl groups excluding tert-OH is 1. The van der Waals surface area contributed by atoms with Crippen LogP contribution in [-0.4, -0.2) is 49.3 Å². The van der Waals surface area contributed by atoms with Crippen LogP contribution in [0.1, 0.15) is 24.0 Å². The van der Waals surface area contributed by atoms with E-state index in [0.29, 0.717) is 61.9 Å². The van der Waals surface area contributed by atoms with Crippen molar-refractivity contribution in [3.8, 4) is 11.5 Å². The van der Waals surface area contributed by atoms with Gasteiger partial charge in [0, 0.05) is 39.0 Å². The molecule has 0 aromatic heterocycles. The van der Waals surface area contributed by atoms with Crippen LogP contribution in [0.25, 0.3) is 0 Å². The molecule has 0 unspecified atom stereocenters. The molecule has 44 heavy (non-hydrogen) atoms. The maximum atomic E-state index is 12.5. The number of benzene rings is 4.